The van der Waals surface area contributed by atoms with Crippen LogP contribution in [-0.4, -0.2) is 49.5 Å². The Morgan fingerprint density at radius 3 is 2.50 bits per heavy atom. The van der Waals surface area contributed by atoms with Gasteiger partial charge < -0.3 is 19.9 Å². The first-order valence-electron chi connectivity index (χ1n) is 11.0. The lowest BCUT2D eigenvalue weighted by Crippen LogP contribution is -2.49. The molecule has 1 fully saturated rings. The molecule has 1 saturated heterocycles. The van der Waals surface area contributed by atoms with Crippen LogP contribution in [0.15, 0.2) is 66.7 Å². The minimum absolute atomic E-state index is 0.0732. The number of hydrogen-bond acceptors (Lipinski definition) is 4. The normalized spacial score (nSPS) is 13.5. The van der Waals surface area contributed by atoms with E-state index < -0.39 is 5.82 Å². The van der Waals surface area contributed by atoms with Gasteiger partial charge in [0, 0.05) is 31.2 Å². The van der Waals surface area contributed by atoms with E-state index in [4.69, 9.17) is 16.3 Å². The molecule has 3 aromatic rings. The summed E-state index contributed by atoms with van der Waals surface area (Å²) in [4.78, 5) is 29.0. The third-order valence-corrected chi connectivity index (χ3v) is 5.84. The Labute approximate surface area is 202 Å². The van der Waals surface area contributed by atoms with Crippen molar-refractivity contribution in [3.8, 4) is 5.75 Å². The van der Waals surface area contributed by atoms with Gasteiger partial charge >= 0.3 is 0 Å². The van der Waals surface area contributed by atoms with E-state index in [1.165, 1.54) is 12.1 Å². The van der Waals surface area contributed by atoms with Crippen molar-refractivity contribution in [1.82, 2.24) is 4.90 Å². The van der Waals surface area contributed by atoms with Gasteiger partial charge in [-0.2, -0.15) is 0 Å². The third-order valence-electron chi connectivity index (χ3n) is 5.60. The fourth-order valence-electron chi connectivity index (χ4n) is 3.88. The molecule has 0 aliphatic carbocycles. The number of nitrogens with one attached hydrogen (secondary N) is 1. The first kappa shape index (κ1) is 23.6. The molecule has 0 aromatic heterocycles. The van der Waals surface area contributed by atoms with Gasteiger partial charge in [-0.1, -0.05) is 35.9 Å². The van der Waals surface area contributed by atoms with Crippen LogP contribution in [0, 0.1) is 12.7 Å². The molecule has 3 aromatic carbocycles. The van der Waals surface area contributed by atoms with Crippen LogP contribution in [0.25, 0.3) is 0 Å². The second-order valence-corrected chi connectivity index (χ2v) is 8.51. The molecule has 0 bridgehead atoms. The minimum Gasteiger partial charge on any atom is -0.484 e. The van der Waals surface area contributed by atoms with Crippen LogP contribution in [0.1, 0.15) is 15.9 Å². The van der Waals surface area contributed by atoms with Crippen molar-refractivity contribution >= 4 is 34.8 Å². The summed E-state index contributed by atoms with van der Waals surface area (Å²) in [6.45, 7) is 3.74. The maximum Gasteiger partial charge on any atom is 0.262 e. The molecule has 8 heteroatoms. The van der Waals surface area contributed by atoms with Gasteiger partial charge in [-0.05, 0) is 55.0 Å². The number of ether oxygens (including phenoxy) is 1. The van der Waals surface area contributed by atoms with Gasteiger partial charge in [0.1, 0.15) is 11.6 Å². The largest absolute Gasteiger partial charge is 0.484 e. The van der Waals surface area contributed by atoms with Crippen LogP contribution < -0.4 is 15.0 Å². The second-order valence-electron chi connectivity index (χ2n) is 8.07. The van der Waals surface area contributed by atoms with E-state index >= 15 is 0 Å². The first-order chi connectivity index (χ1) is 16.4. The monoisotopic (exact) mass is 481 g/mol. The van der Waals surface area contributed by atoms with Crippen LogP contribution in [0.4, 0.5) is 15.8 Å². The summed E-state index contributed by atoms with van der Waals surface area (Å²) in [6, 6.07) is 18.8. The molecule has 0 atom stereocenters. The zero-order chi connectivity index (χ0) is 24.1. The molecule has 1 aliphatic heterocycles. The van der Waals surface area contributed by atoms with Crippen molar-refractivity contribution < 1.29 is 18.7 Å². The molecule has 4 rings (SSSR count). The van der Waals surface area contributed by atoms with Gasteiger partial charge in [0.15, 0.2) is 6.61 Å². The molecule has 34 heavy (non-hydrogen) atoms. The van der Waals surface area contributed by atoms with Gasteiger partial charge in [-0.3, -0.25) is 9.59 Å². The van der Waals surface area contributed by atoms with Crippen molar-refractivity contribution in [1.29, 1.82) is 0 Å². The molecule has 6 nitrogen and oxygen atoms in total. The summed E-state index contributed by atoms with van der Waals surface area (Å²) in [5, 5.41) is 3.37. The maximum atomic E-state index is 14.0. The Hall–Kier alpha value is -3.58. The van der Waals surface area contributed by atoms with Crippen LogP contribution in [-0.2, 0) is 4.79 Å². The predicted molar refractivity (Wildman–Crippen MR) is 131 cm³/mol. The lowest BCUT2D eigenvalue weighted by molar-refractivity contribution is -0.118. The molecule has 0 spiro atoms. The zero-order valence-electron chi connectivity index (χ0n) is 18.8. The molecular weight excluding hydrogens is 457 g/mol. The average molecular weight is 482 g/mol. The first-order valence-corrected chi connectivity index (χ1v) is 11.4. The van der Waals surface area contributed by atoms with Gasteiger partial charge in [-0.15, -0.1) is 0 Å². The van der Waals surface area contributed by atoms with E-state index in [0.717, 1.165) is 11.3 Å². The van der Waals surface area contributed by atoms with Gasteiger partial charge in [0.25, 0.3) is 11.8 Å². The van der Waals surface area contributed by atoms with E-state index in [-0.39, 0.29) is 24.0 Å². The van der Waals surface area contributed by atoms with E-state index in [2.05, 4.69) is 10.2 Å². The summed E-state index contributed by atoms with van der Waals surface area (Å²) >= 11 is 6.19. The quantitative estimate of drug-likeness (QED) is 0.551. The smallest absolute Gasteiger partial charge is 0.262 e. The summed E-state index contributed by atoms with van der Waals surface area (Å²) in [5.74, 6) is -0.531. The Kier molecular flexibility index (Phi) is 7.33. The number of anilines is 2. The van der Waals surface area contributed by atoms with Crippen LogP contribution in [0.2, 0.25) is 5.02 Å². The average Bonchev–Trinajstić information content (AvgIpc) is 2.83. The Morgan fingerprint density at radius 1 is 1.00 bits per heavy atom. The summed E-state index contributed by atoms with van der Waals surface area (Å²) < 4.78 is 19.6. The Balaban J connectivity index is 1.40. The highest BCUT2D eigenvalue weighted by molar-refractivity contribution is 6.31. The van der Waals surface area contributed by atoms with E-state index in [0.29, 0.717) is 42.6 Å². The SMILES string of the molecule is Cc1cccc(OCC(=O)Nc2cc(Cl)ccc2N2CCN(C(=O)c3ccccc3F)CC2)c1. The number of halogens is 2. The fourth-order valence-corrected chi connectivity index (χ4v) is 4.05. The highest BCUT2D eigenvalue weighted by Crippen LogP contribution is 2.30. The summed E-state index contributed by atoms with van der Waals surface area (Å²) in [7, 11) is 0. The molecule has 1 heterocycles. The Morgan fingerprint density at radius 2 is 1.76 bits per heavy atom. The topological polar surface area (TPSA) is 61.9 Å². The second kappa shape index (κ2) is 10.6. The van der Waals surface area contributed by atoms with Crippen molar-refractivity contribution in [3.05, 3.63) is 88.7 Å². The number of piperazine rings is 1. The van der Waals surface area contributed by atoms with Crippen molar-refractivity contribution in [2.45, 2.75) is 6.92 Å². The molecule has 1 aliphatic rings. The molecule has 2 amide bonds. The lowest BCUT2D eigenvalue weighted by Gasteiger charge is -2.37. The van der Waals surface area contributed by atoms with E-state index in [1.54, 1.807) is 35.2 Å². The highest BCUT2D eigenvalue weighted by atomic mass is 35.5. The van der Waals surface area contributed by atoms with E-state index in [1.807, 2.05) is 31.2 Å². The molecule has 1 N–H and O–H groups in total. The van der Waals surface area contributed by atoms with Gasteiger partial charge in [0.2, 0.25) is 0 Å². The number of hydrogen-bond donors (Lipinski definition) is 1. The number of carbonyl (C=O) groups excluding carboxylic acids is 2. The van der Waals surface area contributed by atoms with Crippen molar-refractivity contribution in [3.63, 3.8) is 0 Å². The molecule has 176 valence electrons. The van der Waals surface area contributed by atoms with Crippen LogP contribution in [0.3, 0.4) is 0 Å². The molecule has 0 radical (unpaired) electrons. The maximum absolute atomic E-state index is 14.0. The third kappa shape index (κ3) is 5.66. The highest BCUT2D eigenvalue weighted by Gasteiger charge is 2.25. The number of amides is 2. The summed E-state index contributed by atoms with van der Waals surface area (Å²) in [5.41, 5.74) is 2.48. The number of benzene rings is 3. The predicted octanol–water partition coefficient (Wildman–Crippen LogP) is 4.77. The molecular formula is C26H25ClFN3O3. The summed E-state index contributed by atoms with van der Waals surface area (Å²) in [6.07, 6.45) is 0. The van der Waals surface area contributed by atoms with Gasteiger partial charge in [0.05, 0.1) is 16.9 Å². The molecule has 0 saturated carbocycles. The van der Waals surface area contributed by atoms with Gasteiger partial charge in [-0.25, -0.2) is 4.39 Å². The zero-order valence-corrected chi connectivity index (χ0v) is 19.5. The number of aryl methyl sites for hydroxylation is 1. The molecule has 0 unspecified atom stereocenters. The fraction of sp³-hybridized carbons (Fsp3) is 0.231. The Bertz CT molecular complexity index is 1200. The standard InChI is InChI=1S/C26H25ClFN3O3/c1-18-5-4-6-20(15-18)34-17-25(32)29-23-16-19(27)9-10-24(23)30-11-13-31(14-12-30)26(33)21-7-2-3-8-22(21)28/h2-10,15-16H,11-14,17H2,1H3,(H,29,32). The minimum atomic E-state index is -0.523. The van der Waals surface area contributed by atoms with Crippen LogP contribution in [0.5, 0.6) is 5.75 Å². The van der Waals surface area contributed by atoms with Crippen molar-refractivity contribution in [2.75, 3.05) is 43.0 Å². The number of rotatable bonds is 6. The number of carbonyl (C=O) groups is 2. The number of nitrogens with zero attached hydrogens (tertiary/aromatic N) is 2. The van der Waals surface area contributed by atoms with Crippen molar-refractivity contribution in [2.24, 2.45) is 0 Å². The van der Waals surface area contributed by atoms with E-state index in [9.17, 15) is 14.0 Å². The van der Waals surface area contributed by atoms with Crippen LogP contribution >= 0.6 is 11.6 Å². The lowest BCUT2D eigenvalue weighted by atomic mass is 10.1.